The highest BCUT2D eigenvalue weighted by Crippen LogP contribution is 2.22. The molecule has 0 heterocycles. The van der Waals surface area contributed by atoms with Crippen LogP contribution in [0.25, 0.3) is 0 Å². The van der Waals surface area contributed by atoms with Gasteiger partial charge in [-0.1, -0.05) is 29.3 Å². The highest BCUT2D eigenvalue weighted by Gasteiger charge is 2.01. The van der Waals surface area contributed by atoms with Crippen LogP contribution in [-0.4, -0.2) is 24.5 Å². The van der Waals surface area contributed by atoms with Crippen LogP contribution in [0.4, 0.5) is 0 Å². The molecule has 4 heteroatoms. The summed E-state index contributed by atoms with van der Waals surface area (Å²) in [5.41, 5.74) is 1.18. The number of nitrogens with zero attached hydrogens (tertiary/aromatic N) is 1. The summed E-state index contributed by atoms with van der Waals surface area (Å²) in [6.45, 7) is 0.918. The molecule has 0 N–H and O–H groups in total. The van der Waals surface area contributed by atoms with Crippen LogP contribution in [0.2, 0.25) is 10.0 Å². The van der Waals surface area contributed by atoms with Crippen molar-refractivity contribution in [1.82, 2.24) is 4.90 Å². The topological polar surface area (TPSA) is 3.24 Å². The molecule has 1 nitrogen and oxygen atoms in total. The van der Waals surface area contributed by atoms with E-state index in [-0.39, 0.29) is 0 Å². The Morgan fingerprint density at radius 1 is 1.21 bits per heavy atom. The number of hydrogen-bond acceptors (Lipinski definition) is 1. The lowest BCUT2D eigenvalue weighted by atomic mass is 10.1. The standard InChI is InChI=1S/C10H12Cl3N/c1-14(7-11)5-4-8-2-3-9(12)10(13)6-8/h2-3,6H,4-5,7H2,1H3. The largest absolute Gasteiger partial charge is 0.293 e. The van der Waals surface area contributed by atoms with Crippen LogP contribution in [0.3, 0.4) is 0 Å². The van der Waals surface area contributed by atoms with Crippen LogP contribution in [0.1, 0.15) is 5.56 Å². The lowest BCUT2D eigenvalue weighted by molar-refractivity contribution is 0.394. The van der Waals surface area contributed by atoms with Crippen LogP contribution >= 0.6 is 34.8 Å². The van der Waals surface area contributed by atoms with E-state index >= 15 is 0 Å². The van der Waals surface area contributed by atoms with Gasteiger partial charge >= 0.3 is 0 Å². The minimum atomic E-state index is 0.543. The van der Waals surface area contributed by atoms with Gasteiger partial charge in [-0.2, -0.15) is 0 Å². The average molecular weight is 253 g/mol. The molecule has 0 aliphatic rings. The molecule has 0 fully saturated rings. The minimum Gasteiger partial charge on any atom is -0.293 e. The predicted octanol–water partition coefficient (Wildman–Crippen LogP) is 3.66. The summed E-state index contributed by atoms with van der Waals surface area (Å²) in [4.78, 5) is 2.03. The van der Waals surface area contributed by atoms with Crippen LogP contribution < -0.4 is 0 Å². The number of likely N-dealkylation sites (N-methyl/N-ethyl adjacent to an activating group) is 1. The first-order valence-electron chi connectivity index (χ1n) is 4.32. The molecule has 0 bridgehead atoms. The Labute approximate surface area is 99.6 Å². The number of hydrogen-bond donors (Lipinski definition) is 0. The molecule has 0 amide bonds. The zero-order valence-electron chi connectivity index (χ0n) is 7.93. The third-order valence-electron chi connectivity index (χ3n) is 1.97. The number of halogens is 3. The summed E-state index contributed by atoms with van der Waals surface area (Å²) in [6.07, 6.45) is 0.931. The average Bonchev–Trinajstić information content (AvgIpc) is 2.19. The smallest absolute Gasteiger partial charge is 0.0736 e. The van der Waals surface area contributed by atoms with E-state index in [1.807, 2.05) is 30.1 Å². The molecule has 14 heavy (non-hydrogen) atoms. The summed E-state index contributed by atoms with van der Waals surface area (Å²) in [5, 5.41) is 1.21. The maximum absolute atomic E-state index is 5.89. The number of benzene rings is 1. The molecule has 78 valence electrons. The zero-order valence-corrected chi connectivity index (χ0v) is 10.2. The van der Waals surface area contributed by atoms with Gasteiger partial charge in [0.25, 0.3) is 0 Å². The summed E-state index contributed by atoms with van der Waals surface area (Å²) < 4.78 is 0. The van der Waals surface area contributed by atoms with Gasteiger partial charge in [-0.15, -0.1) is 11.6 Å². The second kappa shape index (κ2) is 5.82. The fourth-order valence-corrected chi connectivity index (χ4v) is 1.52. The van der Waals surface area contributed by atoms with Gasteiger partial charge in [0, 0.05) is 6.54 Å². The molecule has 0 atom stereocenters. The van der Waals surface area contributed by atoms with Crippen molar-refractivity contribution < 1.29 is 0 Å². The quantitative estimate of drug-likeness (QED) is 0.584. The Hall–Kier alpha value is 0.0500. The second-order valence-electron chi connectivity index (χ2n) is 3.20. The van der Waals surface area contributed by atoms with Gasteiger partial charge in [0.15, 0.2) is 0 Å². The monoisotopic (exact) mass is 251 g/mol. The first kappa shape index (κ1) is 12.1. The SMILES string of the molecule is CN(CCl)CCc1ccc(Cl)c(Cl)c1. The van der Waals surface area contributed by atoms with E-state index < -0.39 is 0 Å². The summed E-state index contributed by atoms with van der Waals surface area (Å²) in [5.74, 6) is 0. The molecule has 0 saturated carbocycles. The van der Waals surface area contributed by atoms with E-state index in [0.29, 0.717) is 16.0 Å². The van der Waals surface area contributed by atoms with Gasteiger partial charge in [0.05, 0.1) is 16.0 Å². The van der Waals surface area contributed by atoms with Gasteiger partial charge in [-0.25, -0.2) is 0 Å². The second-order valence-corrected chi connectivity index (χ2v) is 4.25. The lowest BCUT2D eigenvalue weighted by Crippen LogP contribution is -2.19. The molecule has 0 spiro atoms. The Morgan fingerprint density at radius 3 is 2.50 bits per heavy atom. The Bertz CT molecular complexity index is 301. The molecule has 1 aromatic rings. The minimum absolute atomic E-state index is 0.543. The Balaban J connectivity index is 2.55. The fourth-order valence-electron chi connectivity index (χ4n) is 1.07. The van der Waals surface area contributed by atoms with Crippen LogP contribution in [-0.2, 0) is 6.42 Å². The van der Waals surface area contributed by atoms with Crippen molar-refractivity contribution in [2.24, 2.45) is 0 Å². The predicted molar refractivity (Wildman–Crippen MR) is 63.5 cm³/mol. The van der Waals surface area contributed by atoms with E-state index in [1.165, 1.54) is 5.56 Å². The Kier molecular flexibility index (Phi) is 5.04. The zero-order chi connectivity index (χ0) is 10.6. The maximum Gasteiger partial charge on any atom is 0.0736 e. The number of alkyl halides is 1. The molecule has 0 aliphatic heterocycles. The number of rotatable bonds is 4. The first-order chi connectivity index (χ1) is 6.63. The highest BCUT2D eigenvalue weighted by molar-refractivity contribution is 6.42. The maximum atomic E-state index is 5.89. The first-order valence-corrected chi connectivity index (χ1v) is 5.61. The summed E-state index contributed by atoms with van der Waals surface area (Å²) in [7, 11) is 1.98. The molecular weight excluding hydrogens is 240 g/mol. The van der Waals surface area contributed by atoms with Gasteiger partial charge in [-0.3, -0.25) is 4.90 Å². The van der Waals surface area contributed by atoms with Crippen molar-refractivity contribution in [3.8, 4) is 0 Å². The van der Waals surface area contributed by atoms with Crippen LogP contribution in [0, 0.1) is 0 Å². The van der Waals surface area contributed by atoms with Gasteiger partial charge < -0.3 is 0 Å². The molecule has 0 saturated heterocycles. The van der Waals surface area contributed by atoms with Gasteiger partial charge in [-0.05, 0) is 31.2 Å². The summed E-state index contributed by atoms with van der Waals surface area (Å²) >= 11 is 17.4. The third kappa shape index (κ3) is 3.66. The van der Waals surface area contributed by atoms with Crippen molar-refractivity contribution >= 4 is 34.8 Å². The Morgan fingerprint density at radius 2 is 1.93 bits per heavy atom. The summed E-state index contributed by atoms with van der Waals surface area (Å²) in [6, 6.07) is 6.24. The molecule has 1 aromatic carbocycles. The molecular formula is C10H12Cl3N. The third-order valence-corrected chi connectivity index (χ3v) is 3.12. The lowest BCUT2D eigenvalue weighted by Gasteiger charge is -2.12. The van der Waals surface area contributed by atoms with Crippen molar-refractivity contribution in [3.05, 3.63) is 33.8 Å². The van der Waals surface area contributed by atoms with E-state index in [4.69, 9.17) is 34.8 Å². The van der Waals surface area contributed by atoms with Crippen molar-refractivity contribution in [3.63, 3.8) is 0 Å². The van der Waals surface area contributed by atoms with Crippen molar-refractivity contribution in [2.75, 3.05) is 19.6 Å². The van der Waals surface area contributed by atoms with Crippen molar-refractivity contribution in [2.45, 2.75) is 6.42 Å². The van der Waals surface area contributed by atoms with Crippen LogP contribution in [0.15, 0.2) is 18.2 Å². The molecule has 0 aliphatic carbocycles. The highest BCUT2D eigenvalue weighted by atomic mass is 35.5. The van der Waals surface area contributed by atoms with Gasteiger partial charge in [0.2, 0.25) is 0 Å². The molecule has 0 unspecified atom stereocenters. The van der Waals surface area contributed by atoms with Gasteiger partial charge in [0.1, 0.15) is 0 Å². The van der Waals surface area contributed by atoms with Crippen molar-refractivity contribution in [1.29, 1.82) is 0 Å². The molecule has 0 aromatic heterocycles. The fraction of sp³-hybridized carbons (Fsp3) is 0.400. The van der Waals surface area contributed by atoms with E-state index in [9.17, 15) is 0 Å². The van der Waals surface area contributed by atoms with E-state index in [2.05, 4.69) is 0 Å². The molecule has 1 rings (SSSR count). The van der Waals surface area contributed by atoms with Crippen LogP contribution in [0.5, 0.6) is 0 Å². The van der Waals surface area contributed by atoms with E-state index in [0.717, 1.165) is 13.0 Å². The normalized spacial score (nSPS) is 10.9. The molecule has 0 radical (unpaired) electrons. The van der Waals surface area contributed by atoms with E-state index in [1.54, 1.807) is 0 Å².